The second-order valence-corrected chi connectivity index (χ2v) is 7.63. The SMILES string of the molecule is CC1CCCC(O)(CNC2CCS(=O)CC2)C1. The van der Waals surface area contributed by atoms with Gasteiger partial charge in [0.2, 0.25) is 0 Å². The summed E-state index contributed by atoms with van der Waals surface area (Å²) in [4.78, 5) is 0. The maximum atomic E-state index is 11.3. The van der Waals surface area contributed by atoms with Crippen molar-refractivity contribution in [1.82, 2.24) is 5.32 Å². The van der Waals surface area contributed by atoms with Crippen molar-refractivity contribution in [3.63, 3.8) is 0 Å². The molecule has 2 aliphatic rings. The molecule has 0 amide bonds. The summed E-state index contributed by atoms with van der Waals surface area (Å²) >= 11 is 0. The van der Waals surface area contributed by atoms with Gasteiger partial charge in [0.1, 0.15) is 0 Å². The lowest BCUT2D eigenvalue weighted by Gasteiger charge is -2.37. The van der Waals surface area contributed by atoms with Crippen LogP contribution in [0.1, 0.15) is 45.4 Å². The fourth-order valence-corrected chi connectivity index (χ4v) is 4.42. The molecular formula is C13H25NO2S. The summed E-state index contributed by atoms with van der Waals surface area (Å²) in [6, 6.07) is 0.467. The molecule has 0 aromatic carbocycles. The first-order valence-electron chi connectivity index (χ1n) is 6.88. The van der Waals surface area contributed by atoms with Gasteiger partial charge in [0, 0.05) is 34.9 Å². The van der Waals surface area contributed by atoms with E-state index in [4.69, 9.17) is 0 Å². The maximum absolute atomic E-state index is 11.3. The van der Waals surface area contributed by atoms with Crippen molar-refractivity contribution in [2.75, 3.05) is 18.1 Å². The monoisotopic (exact) mass is 259 g/mol. The smallest absolute Gasteiger partial charge is 0.0774 e. The predicted octanol–water partition coefficient (Wildman–Crippen LogP) is 1.43. The standard InChI is InChI=1S/C13H25NO2S/c1-11-3-2-6-13(15,9-11)10-14-12-4-7-17(16)8-5-12/h11-12,14-15H,2-10H2,1H3. The minimum absolute atomic E-state index is 0.467. The molecule has 0 aromatic heterocycles. The number of nitrogens with one attached hydrogen (secondary N) is 1. The van der Waals surface area contributed by atoms with Crippen molar-refractivity contribution >= 4 is 10.8 Å². The molecule has 2 rings (SSSR count). The van der Waals surface area contributed by atoms with Gasteiger partial charge in [0.25, 0.3) is 0 Å². The highest BCUT2D eigenvalue weighted by Gasteiger charge is 2.33. The van der Waals surface area contributed by atoms with E-state index in [-0.39, 0.29) is 0 Å². The third-order valence-corrected chi connectivity index (χ3v) is 5.56. The zero-order valence-corrected chi connectivity index (χ0v) is 11.6. The van der Waals surface area contributed by atoms with Crippen LogP contribution in [0.25, 0.3) is 0 Å². The summed E-state index contributed by atoms with van der Waals surface area (Å²) in [6.45, 7) is 2.95. The molecule has 2 N–H and O–H groups in total. The summed E-state index contributed by atoms with van der Waals surface area (Å²) in [5, 5.41) is 14.0. The van der Waals surface area contributed by atoms with Crippen molar-refractivity contribution in [2.24, 2.45) is 5.92 Å². The van der Waals surface area contributed by atoms with E-state index >= 15 is 0 Å². The molecule has 2 unspecified atom stereocenters. The van der Waals surface area contributed by atoms with Gasteiger partial charge in [0.15, 0.2) is 0 Å². The normalized spacial score (nSPS) is 43.5. The van der Waals surface area contributed by atoms with Crippen LogP contribution in [0.3, 0.4) is 0 Å². The first kappa shape index (κ1) is 13.5. The van der Waals surface area contributed by atoms with E-state index in [1.807, 2.05) is 0 Å². The van der Waals surface area contributed by atoms with E-state index in [1.165, 1.54) is 6.42 Å². The summed E-state index contributed by atoms with van der Waals surface area (Å²) in [6.07, 6.45) is 6.26. The van der Waals surface area contributed by atoms with Crippen LogP contribution in [0.5, 0.6) is 0 Å². The molecule has 17 heavy (non-hydrogen) atoms. The highest BCUT2D eigenvalue weighted by atomic mass is 32.2. The molecular weight excluding hydrogens is 234 g/mol. The van der Waals surface area contributed by atoms with E-state index in [0.717, 1.165) is 43.6 Å². The lowest BCUT2D eigenvalue weighted by molar-refractivity contribution is -0.0139. The Kier molecular flexibility index (Phi) is 4.61. The summed E-state index contributed by atoms with van der Waals surface area (Å²) in [5.41, 5.74) is -0.492. The van der Waals surface area contributed by atoms with E-state index in [9.17, 15) is 9.32 Å². The quantitative estimate of drug-likeness (QED) is 0.806. The zero-order valence-electron chi connectivity index (χ0n) is 10.8. The van der Waals surface area contributed by atoms with Gasteiger partial charge < -0.3 is 10.4 Å². The van der Waals surface area contributed by atoms with Crippen LogP contribution >= 0.6 is 0 Å². The summed E-state index contributed by atoms with van der Waals surface area (Å²) in [5.74, 6) is 2.30. The summed E-state index contributed by atoms with van der Waals surface area (Å²) < 4.78 is 11.3. The number of rotatable bonds is 3. The second-order valence-electron chi connectivity index (χ2n) is 5.93. The molecule has 1 saturated heterocycles. The molecule has 3 nitrogen and oxygen atoms in total. The van der Waals surface area contributed by atoms with Crippen molar-refractivity contribution in [2.45, 2.75) is 57.1 Å². The Morgan fingerprint density at radius 1 is 1.35 bits per heavy atom. The van der Waals surface area contributed by atoms with Gasteiger partial charge in [-0.05, 0) is 31.6 Å². The topological polar surface area (TPSA) is 49.3 Å². The van der Waals surface area contributed by atoms with E-state index in [1.54, 1.807) is 0 Å². The number of hydrogen-bond acceptors (Lipinski definition) is 3. The third-order valence-electron chi connectivity index (χ3n) is 4.18. The van der Waals surface area contributed by atoms with Crippen LogP contribution in [0.2, 0.25) is 0 Å². The van der Waals surface area contributed by atoms with Crippen molar-refractivity contribution < 1.29 is 9.32 Å². The molecule has 1 aliphatic heterocycles. The fraction of sp³-hybridized carbons (Fsp3) is 1.00. The van der Waals surface area contributed by atoms with Gasteiger partial charge in [0.05, 0.1) is 5.60 Å². The van der Waals surface area contributed by atoms with Gasteiger partial charge in [-0.1, -0.05) is 19.8 Å². The minimum atomic E-state index is -0.588. The molecule has 2 atom stereocenters. The van der Waals surface area contributed by atoms with E-state index < -0.39 is 16.4 Å². The molecule has 1 heterocycles. The van der Waals surface area contributed by atoms with E-state index in [0.29, 0.717) is 18.5 Å². The highest BCUT2D eigenvalue weighted by molar-refractivity contribution is 7.85. The Labute approximate surface area is 107 Å². The first-order valence-corrected chi connectivity index (χ1v) is 8.37. The van der Waals surface area contributed by atoms with Crippen LogP contribution in [0.4, 0.5) is 0 Å². The molecule has 0 radical (unpaired) electrons. The fourth-order valence-electron chi connectivity index (χ4n) is 3.13. The van der Waals surface area contributed by atoms with Gasteiger partial charge >= 0.3 is 0 Å². The molecule has 4 heteroatoms. The van der Waals surface area contributed by atoms with Gasteiger partial charge in [-0.3, -0.25) is 4.21 Å². The Morgan fingerprint density at radius 3 is 2.71 bits per heavy atom. The Bertz CT molecular complexity index is 275. The van der Waals surface area contributed by atoms with Crippen LogP contribution in [0.15, 0.2) is 0 Å². The zero-order chi connectivity index (χ0) is 12.3. The molecule has 100 valence electrons. The minimum Gasteiger partial charge on any atom is -0.389 e. The van der Waals surface area contributed by atoms with Crippen molar-refractivity contribution in [3.05, 3.63) is 0 Å². The van der Waals surface area contributed by atoms with Gasteiger partial charge in [-0.25, -0.2) is 0 Å². The Morgan fingerprint density at radius 2 is 2.06 bits per heavy atom. The number of hydrogen-bond donors (Lipinski definition) is 2. The molecule has 1 aliphatic carbocycles. The first-order chi connectivity index (χ1) is 8.07. The molecule has 1 saturated carbocycles. The van der Waals surface area contributed by atoms with Crippen LogP contribution in [-0.2, 0) is 10.8 Å². The van der Waals surface area contributed by atoms with Crippen molar-refractivity contribution in [3.8, 4) is 0 Å². The van der Waals surface area contributed by atoms with Gasteiger partial charge in [-0.2, -0.15) is 0 Å². The second kappa shape index (κ2) is 5.81. The van der Waals surface area contributed by atoms with E-state index in [2.05, 4.69) is 12.2 Å². The number of aliphatic hydroxyl groups is 1. The highest BCUT2D eigenvalue weighted by Crippen LogP contribution is 2.31. The van der Waals surface area contributed by atoms with Crippen LogP contribution < -0.4 is 5.32 Å². The lowest BCUT2D eigenvalue weighted by atomic mass is 9.79. The largest absolute Gasteiger partial charge is 0.389 e. The lowest BCUT2D eigenvalue weighted by Crippen LogP contribution is -2.48. The van der Waals surface area contributed by atoms with Crippen LogP contribution in [-0.4, -0.2) is 39.0 Å². The average Bonchev–Trinajstić information content (AvgIpc) is 2.28. The van der Waals surface area contributed by atoms with Crippen molar-refractivity contribution in [1.29, 1.82) is 0 Å². The Hall–Kier alpha value is 0.0700. The third kappa shape index (κ3) is 4.04. The van der Waals surface area contributed by atoms with Crippen LogP contribution in [0, 0.1) is 5.92 Å². The summed E-state index contributed by atoms with van der Waals surface area (Å²) in [7, 11) is -0.588. The molecule has 0 aromatic rings. The Balaban J connectivity index is 1.75. The predicted molar refractivity (Wildman–Crippen MR) is 71.5 cm³/mol. The molecule has 0 bridgehead atoms. The molecule has 0 spiro atoms. The maximum Gasteiger partial charge on any atom is 0.0774 e. The molecule has 2 fully saturated rings. The van der Waals surface area contributed by atoms with Gasteiger partial charge in [-0.15, -0.1) is 0 Å². The average molecular weight is 259 g/mol.